The molecule has 3 N–H and O–H groups in total. The largest absolute Gasteiger partial charge is 0.326 e. The van der Waals surface area contributed by atoms with Crippen molar-refractivity contribution < 1.29 is 0 Å². The third kappa shape index (κ3) is 3.14. The monoisotopic (exact) mass is 234 g/mol. The van der Waals surface area contributed by atoms with Gasteiger partial charge in [-0.2, -0.15) is 0 Å². The summed E-state index contributed by atoms with van der Waals surface area (Å²) >= 11 is 0. The minimum atomic E-state index is -0.444. The van der Waals surface area contributed by atoms with Crippen LogP contribution in [0.4, 0.5) is 0 Å². The van der Waals surface area contributed by atoms with Crippen molar-refractivity contribution >= 4 is 7.85 Å². The lowest BCUT2D eigenvalue weighted by Gasteiger charge is -2.40. The Morgan fingerprint density at radius 3 is 2.76 bits per heavy atom. The van der Waals surface area contributed by atoms with Crippen molar-refractivity contribution in [2.24, 2.45) is 17.6 Å². The molecule has 3 heteroatoms. The van der Waals surface area contributed by atoms with Gasteiger partial charge in [0.25, 0.3) is 0 Å². The Morgan fingerprint density at radius 2 is 2.24 bits per heavy atom. The maximum absolute atomic E-state index is 6.57. The summed E-state index contributed by atoms with van der Waals surface area (Å²) in [6.45, 7) is 8.63. The summed E-state index contributed by atoms with van der Waals surface area (Å²) < 4.78 is 0. The fourth-order valence-electron chi connectivity index (χ4n) is 3.09. The van der Waals surface area contributed by atoms with Crippen molar-refractivity contribution in [2.75, 3.05) is 0 Å². The molecule has 1 aliphatic heterocycles. The van der Waals surface area contributed by atoms with Gasteiger partial charge in [-0.15, -0.1) is 0 Å². The maximum atomic E-state index is 6.57. The molecule has 17 heavy (non-hydrogen) atoms. The van der Waals surface area contributed by atoms with Gasteiger partial charge in [0.1, 0.15) is 0 Å². The topological polar surface area (TPSA) is 38.0 Å². The number of rotatable bonds is 5. The highest BCUT2D eigenvalue weighted by Gasteiger charge is 2.45. The first-order valence-corrected chi connectivity index (χ1v) is 6.90. The van der Waals surface area contributed by atoms with Crippen molar-refractivity contribution in [3.8, 4) is 0 Å². The zero-order valence-electron chi connectivity index (χ0n) is 11.7. The van der Waals surface area contributed by atoms with Gasteiger partial charge in [0.05, 0.1) is 7.85 Å². The smallest absolute Gasteiger partial charge is 0.0983 e. The average molecular weight is 234 g/mol. The Kier molecular flexibility index (Phi) is 5.27. The highest BCUT2D eigenvalue weighted by molar-refractivity contribution is 6.16. The molecule has 5 unspecified atom stereocenters. The van der Waals surface area contributed by atoms with Crippen molar-refractivity contribution in [1.29, 1.82) is 0 Å². The predicted octanol–water partition coefficient (Wildman–Crippen LogP) is 2.19. The summed E-state index contributed by atoms with van der Waals surface area (Å²) in [4.78, 5) is 0. The van der Waals surface area contributed by atoms with Crippen molar-refractivity contribution in [3.05, 3.63) is 12.2 Å². The molecule has 2 radical (unpaired) electrons. The Balaban J connectivity index is 2.82. The molecular weight excluding hydrogens is 207 g/mol. The van der Waals surface area contributed by atoms with E-state index in [0.717, 1.165) is 19.3 Å². The van der Waals surface area contributed by atoms with Crippen LogP contribution in [0.25, 0.3) is 0 Å². The van der Waals surface area contributed by atoms with E-state index in [4.69, 9.17) is 13.6 Å². The molecule has 1 rings (SSSR count). The third-order valence-corrected chi connectivity index (χ3v) is 4.05. The molecule has 2 nitrogen and oxygen atoms in total. The Labute approximate surface area is 108 Å². The summed E-state index contributed by atoms with van der Waals surface area (Å²) in [6.07, 6.45) is 7.67. The van der Waals surface area contributed by atoms with Gasteiger partial charge < -0.3 is 11.1 Å². The van der Waals surface area contributed by atoms with Crippen LogP contribution < -0.4 is 11.1 Å². The first-order chi connectivity index (χ1) is 7.95. The van der Waals surface area contributed by atoms with Crippen LogP contribution in [0.2, 0.25) is 0 Å². The fraction of sp³-hybridized carbons (Fsp3) is 0.857. The Bertz CT molecular complexity index is 267. The van der Waals surface area contributed by atoms with Crippen LogP contribution in [0.15, 0.2) is 12.2 Å². The molecule has 0 aromatic carbocycles. The SMILES string of the molecule is [B]C1(C(N)C(C)CCC)NC(C)CC1/C=C\C. The van der Waals surface area contributed by atoms with Gasteiger partial charge in [0.15, 0.2) is 0 Å². The second kappa shape index (κ2) is 6.06. The van der Waals surface area contributed by atoms with Crippen LogP contribution in [-0.4, -0.2) is 25.4 Å². The van der Waals surface area contributed by atoms with Crippen molar-refractivity contribution in [3.63, 3.8) is 0 Å². The molecule has 1 heterocycles. The lowest BCUT2D eigenvalue weighted by atomic mass is 9.61. The molecule has 0 aromatic heterocycles. The van der Waals surface area contributed by atoms with E-state index in [0.29, 0.717) is 17.9 Å². The van der Waals surface area contributed by atoms with E-state index in [1.807, 2.05) is 6.92 Å². The number of hydrogen-bond acceptors (Lipinski definition) is 2. The van der Waals surface area contributed by atoms with Crippen LogP contribution in [0.1, 0.15) is 47.0 Å². The molecule has 1 saturated heterocycles. The third-order valence-electron chi connectivity index (χ3n) is 4.05. The second-order valence-corrected chi connectivity index (χ2v) is 5.64. The Hall–Kier alpha value is -0.275. The van der Waals surface area contributed by atoms with E-state index in [1.165, 1.54) is 0 Å². The molecule has 0 aromatic rings. The van der Waals surface area contributed by atoms with Crippen LogP contribution in [0.3, 0.4) is 0 Å². The van der Waals surface area contributed by atoms with E-state index >= 15 is 0 Å². The number of allylic oxidation sites excluding steroid dienone is 1. The van der Waals surface area contributed by atoms with E-state index in [9.17, 15) is 0 Å². The molecular formula is C14H27BN2. The summed E-state index contributed by atoms with van der Waals surface area (Å²) in [5.41, 5.74) is 5.96. The van der Waals surface area contributed by atoms with Gasteiger partial charge in [-0.25, -0.2) is 0 Å². The summed E-state index contributed by atoms with van der Waals surface area (Å²) in [5.74, 6) is 0.798. The standard InChI is InChI=1S/C14H27BN2/c1-5-7-10(3)13(16)14(15)12(8-6-2)9-11(4)17-14/h6,8,10-13,17H,5,7,9,16H2,1-4H3/b8-6-. The first-order valence-electron chi connectivity index (χ1n) is 6.90. The highest BCUT2D eigenvalue weighted by Crippen LogP contribution is 2.34. The summed E-state index contributed by atoms with van der Waals surface area (Å²) in [6, 6.07) is 0.453. The number of nitrogens with two attached hydrogens (primary N) is 1. The average Bonchev–Trinajstić information content (AvgIpc) is 2.55. The minimum absolute atomic E-state index is 0.00796. The van der Waals surface area contributed by atoms with Gasteiger partial charge >= 0.3 is 0 Å². The van der Waals surface area contributed by atoms with Crippen LogP contribution in [-0.2, 0) is 0 Å². The molecule has 0 aliphatic carbocycles. The molecule has 0 bridgehead atoms. The van der Waals surface area contributed by atoms with Crippen LogP contribution >= 0.6 is 0 Å². The molecule has 0 saturated carbocycles. The van der Waals surface area contributed by atoms with Gasteiger partial charge in [-0.1, -0.05) is 32.4 Å². The summed E-state index contributed by atoms with van der Waals surface area (Å²) in [7, 11) is 6.57. The Morgan fingerprint density at radius 1 is 1.59 bits per heavy atom. The van der Waals surface area contributed by atoms with Crippen molar-refractivity contribution in [1.82, 2.24) is 5.32 Å². The normalized spacial score (nSPS) is 37.5. The van der Waals surface area contributed by atoms with Gasteiger partial charge in [-0.3, -0.25) is 0 Å². The second-order valence-electron chi connectivity index (χ2n) is 5.64. The summed E-state index contributed by atoms with van der Waals surface area (Å²) in [5, 5.41) is 3.51. The van der Waals surface area contributed by atoms with Gasteiger partial charge in [0, 0.05) is 17.5 Å². The van der Waals surface area contributed by atoms with E-state index < -0.39 is 5.44 Å². The van der Waals surface area contributed by atoms with E-state index in [-0.39, 0.29) is 6.04 Å². The zero-order valence-corrected chi connectivity index (χ0v) is 11.7. The maximum Gasteiger partial charge on any atom is 0.0983 e. The quantitative estimate of drug-likeness (QED) is 0.565. The van der Waals surface area contributed by atoms with E-state index in [1.54, 1.807) is 0 Å². The molecule has 96 valence electrons. The lowest BCUT2D eigenvalue weighted by molar-refractivity contribution is 0.282. The zero-order chi connectivity index (χ0) is 13.1. The van der Waals surface area contributed by atoms with Crippen LogP contribution in [0.5, 0.6) is 0 Å². The number of nitrogens with one attached hydrogen (secondary N) is 1. The van der Waals surface area contributed by atoms with Crippen molar-refractivity contribution in [2.45, 2.75) is 64.5 Å². The highest BCUT2D eigenvalue weighted by atomic mass is 15.1. The number of hydrogen-bond donors (Lipinski definition) is 2. The fourth-order valence-corrected chi connectivity index (χ4v) is 3.09. The predicted molar refractivity (Wildman–Crippen MR) is 76.1 cm³/mol. The van der Waals surface area contributed by atoms with Gasteiger partial charge in [-0.05, 0) is 38.5 Å². The van der Waals surface area contributed by atoms with Crippen LogP contribution in [0, 0.1) is 11.8 Å². The molecule has 1 aliphatic rings. The molecule has 1 fully saturated rings. The minimum Gasteiger partial charge on any atom is -0.326 e. The lowest BCUT2D eigenvalue weighted by Crippen LogP contribution is -2.62. The molecule has 0 amide bonds. The first kappa shape index (κ1) is 14.8. The van der Waals surface area contributed by atoms with Gasteiger partial charge in [0.2, 0.25) is 0 Å². The van der Waals surface area contributed by atoms with E-state index in [2.05, 4.69) is 38.2 Å². The molecule has 5 atom stereocenters. The molecule has 0 spiro atoms.